The number of carbonyl (C=O) groups is 1. The Morgan fingerprint density at radius 1 is 1.15 bits per heavy atom. The van der Waals surface area contributed by atoms with Crippen LogP contribution in [0.4, 0.5) is 10.5 Å². The van der Waals surface area contributed by atoms with Crippen LogP contribution in [0.3, 0.4) is 0 Å². The molecule has 1 aromatic heterocycles. The van der Waals surface area contributed by atoms with Crippen molar-refractivity contribution in [1.29, 1.82) is 0 Å². The molecule has 2 rings (SSSR count). The number of benzene rings is 1. The minimum absolute atomic E-state index is 0.0623. The molecule has 0 aliphatic heterocycles. The van der Waals surface area contributed by atoms with Gasteiger partial charge in [0.05, 0.1) is 0 Å². The molecular formula is C16H19N3O. The zero-order valence-corrected chi connectivity index (χ0v) is 11.6. The van der Waals surface area contributed by atoms with Crippen molar-refractivity contribution in [2.75, 3.05) is 18.4 Å². The zero-order chi connectivity index (χ0) is 14.2. The van der Waals surface area contributed by atoms with E-state index in [1.54, 1.807) is 17.3 Å². The Bertz CT molecular complexity index is 528. The van der Waals surface area contributed by atoms with Crippen molar-refractivity contribution in [2.24, 2.45) is 0 Å². The molecule has 0 saturated carbocycles. The molecule has 1 heterocycles. The van der Waals surface area contributed by atoms with Crippen molar-refractivity contribution in [2.45, 2.75) is 13.3 Å². The van der Waals surface area contributed by atoms with E-state index in [1.165, 1.54) is 5.56 Å². The highest BCUT2D eigenvalue weighted by Gasteiger charge is 2.11. The third kappa shape index (κ3) is 4.09. The number of hydrogen-bond donors (Lipinski definition) is 1. The quantitative estimate of drug-likeness (QED) is 0.906. The first-order chi connectivity index (χ1) is 9.79. The third-order valence-electron chi connectivity index (χ3n) is 3.11. The van der Waals surface area contributed by atoms with Crippen LogP contribution in [0.2, 0.25) is 0 Å². The number of nitrogens with zero attached hydrogens (tertiary/aromatic N) is 2. The number of urea groups is 1. The molecule has 0 radical (unpaired) electrons. The van der Waals surface area contributed by atoms with Crippen molar-refractivity contribution in [3.63, 3.8) is 0 Å². The van der Waals surface area contributed by atoms with Crippen molar-refractivity contribution in [1.82, 2.24) is 9.88 Å². The number of para-hydroxylation sites is 1. The van der Waals surface area contributed by atoms with Crippen LogP contribution in [0.25, 0.3) is 0 Å². The normalized spacial score (nSPS) is 10.1. The lowest BCUT2D eigenvalue weighted by Gasteiger charge is -2.21. The standard InChI is InChI=1S/C16H19N3O/c1-2-19(13-10-14-8-11-17-12-9-14)16(20)18-15-6-4-3-5-7-15/h3-9,11-12H,2,10,13H2,1H3,(H,18,20). The molecule has 1 N–H and O–H groups in total. The smallest absolute Gasteiger partial charge is 0.321 e. The summed E-state index contributed by atoms with van der Waals surface area (Å²) >= 11 is 0. The first kappa shape index (κ1) is 14.1. The lowest BCUT2D eigenvalue weighted by molar-refractivity contribution is 0.215. The second-order valence-corrected chi connectivity index (χ2v) is 4.48. The molecule has 20 heavy (non-hydrogen) atoms. The van der Waals surface area contributed by atoms with Crippen LogP contribution < -0.4 is 5.32 Å². The van der Waals surface area contributed by atoms with Gasteiger partial charge in [0, 0.05) is 31.2 Å². The number of pyridine rings is 1. The minimum Gasteiger partial charge on any atom is -0.324 e. The summed E-state index contributed by atoms with van der Waals surface area (Å²) < 4.78 is 0. The van der Waals surface area contributed by atoms with Gasteiger partial charge in [0.2, 0.25) is 0 Å². The third-order valence-corrected chi connectivity index (χ3v) is 3.11. The highest BCUT2D eigenvalue weighted by molar-refractivity contribution is 5.89. The molecule has 0 spiro atoms. The van der Waals surface area contributed by atoms with Gasteiger partial charge in [-0.05, 0) is 43.2 Å². The summed E-state index contributed by atoms with van der Waals surface area (Å²) in [5.74, 6) is 0. The molecule has 0 saturated heterocycles. The van der Waals surface area contributed by atoms with Crippen LogP contribution in [-0.2, 0) is 6.42 Å². The molecular weight excluding hydrogens is 250 g/mol. The molecule has 2 amide bonds. The van der Waals surface area contributed by atoms with E-state index in [1.807, 2.05) is 49.4 Å². The Hall–Kier alpha value is -2.36. The predicted octanol–water partition coefficient (Wildman–Crippen LogP) is 3.18. The molecule has 0 atom stereocenters. The van der Waals surface area contributed by atoms with Gasteiger partial charge in [-0.15, -0.1) is 0 Å². The topological polar surface area (TPSA) is 45.2 Å². The number of nitrogens with one attached hydrogen (secondary N) is 1. The average molecular weight is 269 g/mol. The second kappa shape index (κ2) is 7.28. The van der Waals surface area contributed by atoms with Gasteiger partial charge in [-0.2, -0.15) is 0 Å². The Balaban J connectivity index is 1.89. The van der Waals surface area contributed by atoms with E-state index >= 15 is 0 Å². The number of likely N-dealkylation sites (N-methyl/N-ethyl adjacent to an activating group) is 1. The van der Waals surface area contributed by atoms with Crippen molar-refractivity contribution in [3.05, 3.63) is 60.4 Å². The Morgan fingerprint density at radius 2 is 1.85 bits per heavy atom. The number of rotatable bonds is 5. The molecule has 104 valence electrons. The second-order valence-electron chi connectivity index (χ2n) is 4.48. The SMILES string of the molecule is CCN(CCc1ccncc1)C(=O)Nc1ccccc1. The number of anilines is 1. The van der Waals surface area contributed by atoms with Crippen molar-refractivity contribution >= 4 is 11.7 Å². The summed E-state index contributed by atoms with van der Waals surface area (Å²) in [6.07, 6.45) is 4.38. The first-order valence-corrected chi connectivity index (χ1v) is 6.79. The highest BCUT2D eigenvalue weighted by atomic mass is 16.2. The summed E-state index contributed by atoms with van der Waals surface area (Å²) in [7, 11) is 0. The fourth-order valence-corrected chi connectivity index (χ4v) is 1.94. The van der Waals surface area contributed by atoms with Gasteiger partial charge in [0.1, 0.15) is 0 Å². The van der Waals surface area contributed by atoms with Gasteiger partial charge in [0.15, 0.2) is 0 Å². The Kier molecular flexibility index (Phi) is 5.12. The largest absolute Gasteiger partial charge is 0.324 e. The van der Waals surface area contributed by atoms with E-state index < -0.39 is 0 Å². The Morgan fingerprint density at radius 3 is 2.50 bits per heavy atom. The van der Waals surface area contributed by atoms with Crippen LogP contribution in [0.5, 0.6) is 0 Å². The van der Waals surface area contributed by atoms with Gasteiger partial charge in [-0.25, -0.2) is 4.79 Å². The molecule has 4 heteroatoms. The molecule has 0 fully saturated rings. The van der Waals surface area contributed by atoms with E-state index in [-0.39, 0.29) is 6.03 Å². The van der Waals surface area contributed by atoms with E-state index in [0.717, 1.165) is 12.1 Å². The van der Waals surface area contributed by atoms with Crippen LogP contribution in [0.1, 0.15) is 12.5 Å². The monoisotopic (exact) mass is 269 g/mol. The molecule has 0 bridgehead atoms. The molecule has 0 aliphatic carbocycles. The predicted molar refractivity (Wildman–Crippen MR) is 80.6 cm³/mol. The lowest BCUT2D eigenvalue weighted by atomic mass is 10.2. The fraction of sp³-hybridized carbons (Fsp3) is 0.250. The lowest BCUT2D eigenvalue weighted by Crippen LogP contribution is -2.36. The minimum atomic E-state index is -0.0623. The number of aromatic nitrogens is 1. The van der Waals surface area contributed by atoms with E-state index in [2.05, 4.69) is 10.3 Å². The fourth-order valence-electron chi connectivity index (χ4n) is 1.94. The summed E-state index contributed by atoms with van der Waals surface area (Å²) in [5.41, 5.74) is 2.01. The van der Waals surface area contributed by atoms with Crippen molar-refractivity contribution < 1.29 is 4.79 Å². The summed E-state index contributed by atoms with van der Waals surface area (Å²) in [5, 5.41) is 2.90. The molecule has 4 nitrogen and oxygen atoms in total. The number of amides is 2. The van der Waals surface area contributed by atoms with Crippen LogP contribution in [0, 0.1) is 0 Å². The average Bonchev–Trinajstić information content (AvgIpc) is 2.50. The maximum atomic E-state index is 12.2. The summed E-state index contributed by atoms with van der Waals surface area (Å²) in [6, 6.07) is 13.4. The zero-order valence-electron chi connectivity index (χ0n) is 11.6. The molecule has 0 aliphatic rings. The molecule has 2 aromatic rings. The first-order valence-electron chi connectivity index (χ1n) is 6.79. The van der Waals surface area contributed by atoms with Crippen molar-refractivity contribution in [3.8, 4) is 0 Å². The maximum absolute atomic E-state index is 12.2. The van der Waals surface area contributed by atoms with E-state index in [9.17, 15) is 4.79 Å². The van der Waals surface area contributed by atoms with Gasteiger partial charge in [0.25, 0.3) is 0 Å². The highest BCUT2D eigenvalue weighted by Crippen LogP contribution is 2.07. The molecule has 0 unspecified atom stereocenters. The number of hydrogen-bond acceptors (Lipinski definition) is 2. The molecule has 1 aromatic carbocycles. The van der Waals surface area contributed by atoms with Crippen LogP contribution in [0.15, 0.2) is 54.9 Å². The van der Waals surface area contributed by atoms with Crippen LogP contribution in [-0.4, -0.2) is 29.0 Å². The number of carbonyl (C=O) groups excluding carboxylic acids is 1. The van der Waals surface area contributed by atoms with E-state index in [0.29, 0.717) is 13.1 Å². The summed E-state index contributed by atoms with van der Waals surface area (Å²) in [6.45, 7) is 3.36. The van der Waals surface area contributed by atoms with Gasteiger partial charge in [-0.3, -0.25) is 4.98 Å². The van der Waals surface area contributed by atoms with Gasteiger partial charge in [-0.1, -0.05) is 18.2 Å². The maximum Gasteiger partial charge on any atom is 0.321 e. The van der Waals surface area contributed by atoms with Crippen LogP contribution >= 0.6 is 0 Å². The Labute approximate surface area is 119 Å². The summed E-state index contributed by atoms with van der Waals surface area (Å²) in [4.78, 5) is 18.0. The van der Waals surface area contributed by atoms with E-state index in [4.69, 9.17) is 0 Å². The van der Waals surface area contributed by atoms with Gasteiger partial charge < -0.3 is 10.2 Å². The van der Waals surface area contributed by atoms with Gasteiger partial charge >= 0.3 is 6.03 Å².